The Hall–Kier alpha value is -3.64. The zero-order valence-electron chi connectivity index (χ0n) is 23.2. The van der Waals surface area contributed by atoms with E-state index < -0.39 is 69.8 Å². The van der Waals surface area contributed by atoms with Crippen molar-refractivity contribution in [2.45, 2.75) is 56.9 Å². The summed E-state index contributed by atoms with van der Waals surface area (Å²) in [6.45, 7) is 5.05. The molecular weight excluding hydrogens is 598 g/mol. The van der Waals surface area contributed by atoms with Crippen LogP contribution in [0.5, 0.6) is 0 Å². The first-order valence-electron chi connectivity index (χ1n) is 12.7. The zero-order chi connectivity index (χ0) is 31.5. The topological polar surface area (TPSA) is 86.8 Å². The minimum Gasteiger partial charge on any atom is -0.350 e. The molecule has 3 aromatic carbocycles. The molecule has 7 nitrogen and oxygen atoms in total. The number of rotatable bonds is 9. The van der Waals surface area contributed by atoms with Crippen LogP contribution < -0.4 is 9.62 Å². The number of hydrogen-bond acceptors (Lipinski definition) is 4. The maximum Gasteiger partial charge on any atom is 0.416 e. The van der Waals surface area contributed by atoms with Crippen molar-refractivity contribution < 1.29 is 35.6 Å². The number of hydrogen-bond donors (Lipinski definition) is 1. The molecule has 3 rings (SSSR count). The summed E-state index contributed by atoms with van der Waals surface area (Å²) in [7, 11) is -4.66. The Morgan fingerprint density at radius 3 is 2.12 bits per heavy atom. The molecule has 0 aliphatic carbocycles. The van der Waals surface area contributed by atoms with Crippen molar-refractivity contribution in [1.29, 1.82) is 0 Å². The van der Waals surface area contributed by atoms with Gasteiger partial charge in [0.2, 0.25) is 11.8 Å². The third-order valence-corrected chi connectivity index (χ3v) is 8.21. The molecule has 226 valence electrons. The van der Waals surface area contributed by atoms with Crippen molar-refractivity contribution in [2.24, 2.45) is 0 Å². The van der Waals surface area contributed by atoms with Crippen LogP contribution in [0.2, 0.25) is 5.02 Å². The van der Waals surface area contributed by atoms with Gasteiger partial charge >= 0.3 is 6.18 Å². The van der Waals surface area contributed by atoms with Gasteiger partial charge in [0.1, 0.15) is 18.4 Å². The Morgan fingerprint density at radius 2 is 1.55 bits per heavy atom. The second-order valence-corrected chi connectivity index (χ2v) is 12.8. The van der Waals surface area contributed by atoms with E-state index in [1.807, 2.05) is 0 Å². The van der Waals surface area contributed by atoms with Gasteiger partial charge < -0.3 is 10.2 Å². The third kappa shape index (κ3) is 8.01. The average molecular weight is 628 g/mol. The van der Waals surface area contributed by atoms with Crippen LogP contribution in [0.15, 0.2) is 77.7 Å². The van der Waals surface area contributed by atoms with Gasteiger partial charge in [-0.05, 0) is 64.1 Å². The molecule has 2 amide bonds. The maximum atomic E-state index is 14.6. The van der Waals surface area contributed by atoms with Crippen molar-refractivity contribution in [3.8, 4) is 0 Å². The predicted octanol–water partition coefficient (Wildman–Crippen LogP) is 6.03. The van der Waals surface area contributed by atoms with Crippen molar-refractivity contribution in [3.05, 3.63) is 94.8 Å². The number of benzene rings is 3. The van der Waals surface area contributed by atoms with Gasteiger partial charge in [-0.2, -0.15) is 13.2 Å². The Labute approximate surface area is 247 Å². The molecule has 13 heteroatoms. The first-order chi connectivity index (χ1) is 19.4. The van der Waals surface area contributed by atoms with Crippen molar-refractivity contribution in [1.82, 2.24) is 10.2 Å². The lowest BCUT2D eigenvalue weighted by atomic mass is 10.1. The van der Waals surface area contributed by atoms with Crippen LogP contribution in [0.4, 0.5) is 23.2 Å². The summed E-state index contributed by atoms with van der Waals surface area (Å²) in [5.74, 6) is -2.27. The van der Waals surface area contributed by atoms with E-state index in [1.165, 1.54) is 55.5 Å². The largest absolute Gasteiger partial charge is 0.416 e. The van der Waals surface area contributed by atoms with Gasteiger partial charge in [0.05, 0.1) is 21.2 Å². The highest BCUT2D eigenvalue weighted by molar-refractivity contribution is 7.92. The smallest absolute Gasteiger partial charge is 0.350 e. The van der Waals surface area contributed by atoms with Crippen LogP contribution in [0.25, 0.3) is 0 Å². The molecule has 0 saturated carbocycles. The highest BCUT2D eigenvalue weighted by Gasteiger charge is 2.37. The second-order valence-electron chi connectivity index (χ2n) is 10.5. The lowest BCUT2D eigenvalue weighted by Crippen LogP contribution is -2.54. The predicted molar refractivity (Wildman–Crippen MR) is 152 cm³/mol. The van der Waals surface area contributed by atoms with Crippen molar-refractivity contribution in [3.63, 3.8) is 0 Å². The Bertz CT molecular complexity index is 1540. The minimum absolute atomic E-state index is 0.0378. The van der Waals surface area contributed by atoms with E-state index in [-0.39, 0.29) is 15.5 Å². The number of anilines is 1. The number of nitrogens with zero attached hydrogens (tertiary/aromatic N) is 2. The van der Waals surface area contributed by atoms with E-state index in [0.29, 0.717) is 16.4 Å². The molecular formula is C29H30ClF4N3O4S. The summed E-state index contributed by atoms with van der Waals surface area (Å²) in [5.41, 5.74) is -2.45. The van der Waals surface area contributed by atoms with Crippen LogP contribution in [0.3, 0.4) is 0 Å². The normalized spacial score (nSPS) is 12.9. The molecule has 0 spiro atoms. The molecule has 0 heterocycles. The van der Waals surface area contributed by atoms with Gasteiger partial charge in [-0.1, -0.05) is 48.0 Å². The molecule has 0 aliphatic rings. The standard InChI is InChI=1S/C29H30ClF4N3O4S/c1-19(27(39)35-28(2,3)4)36(17-20-10-8-9-13-24(20)31)26(38)18-37(42(40,41)22-11-6-5-7-12-22)25-16-21(29(32,33)34)14-15-23(25)30/h5-16,19H,17-18H2,1-4H3,(H,35,39)/t19-/m1/s1. The molecule has 0 unspecified atom stereocenters. The van der Waals surface area contributed by atoms with Crippen molar-refractivity contribution in [2.75, 3.05) is 10.8 Å². The molecule has 0 fully saturated rings. The molecule has 0 bridgehead atoms. The van der Waals surface area contributed by atoms with Gasteiger partial charge in [0, 0.05) is 17.6 Å². The zero-order valence-corrected chi connectivity index (χ0v) is 24.8. The van der Waals surface area contributed by atoms with Crippen LogP contribution >= 0.6 is 11.6 Å². The van der Waals surface area contributed by atoms with Crippen LogP contribution in [0, 0.1) is 5.82 Å². The molecule has 42 heavy (non-hydrogen) atoms. The number of alkyl halides is 3. The van der Waals surface area contributed by atoms with E-state index in [0.717, 1.165) is 17.0 Å². The molecule has 0 saturated heterocycles. The molecule has 3 aromatic rings. The number of nitrogens with one attached hydrogen (secondary N) is 1. The first-order valence-corrected chi connectivity index (χ1v) is 14.5. The van der Waals surface area contributed by atoms with Gasteiger partial charge in [0.25, 0.3) is 10.0 Å². The number of sulfonamides is 1. The second kappa shape index (κ2) is 12.7. The van der Waals surface area contributed by atoms with Crippen molar-refractivity contribution >= 4 is 39.1 Å². The maximum absolute atomic E-state index is 14.6. The third-order valence-electron chi connectivity index (χ3n) is 6.12. The number of carbonyl (C=O) groups is 2. The molecule has 1 atom stereocenters. The molecule has 0 radical (unpaired) electrons. The number of carbonyl (C=O) groups excluding carboxylic acids is 2. The number of amides is 2. The summed E-state index contributed by atoms with van der Waals surface area (Å²) < 4.78 is 83.5. The highest BCUT2D eigenvalue weighted by Crippen LogP contribution is 2.37. The Balaban J connectivity index is 2.14. The number of halogens is 5. The van der Waals surface area contributed by atoms with E-state index in [1.54, 1.807) is 20.8 Å². The van der Waals surface area contributed by atoms with E-state index in [4.69, 9.17) is 11.6 Å². The fourth-order valence-electron chi connectivity index (χ4n) is 3.98. The SMILES string of the molecule is C[C@H](C(=O)NC(C)(C)C)N(Cc1ccccc1F)C(=O)CN(c1cc(C(F)(F)F)ccc1Cl)S(=O)(=O)c1ccccc1. The Morgan fingerprint density at radius 1 is 0.952 bits per heavy atom. The van der Waals surface area contributed by atoms with Gasteiger partial charge in [-0.3, -0.25) is 13.9 Å². The lowest BCUT2D eigenvalue weighted by molar-refractivity contribution is -0.140. The monoisotopic (exact) mass is 627 g/mol. The molecule has 0 aromatic heterocycles. The molecule has 0 aliphatic heterocycles. The molecule has 1 N–H and O–H groups in total. The fraction of sp³-hybridized carbons (Fsp3) is 0.310. The van der Waals surface area contributed by atoms with Gasteiger partial charge in [0.15, 0.2) is 0 Å². The van der Waals surface area contributed by atoms with E-state index in [9.17, 15) is 35.6 Å². The van der Waals surface area contributed by atoms with Crippen LogP contribution in [-0.4, -0.2) is 43.3 Å². The summed E-state index contributed by atoms with van der Waals surface area (Å²) in [6.07, 6.45) is -4.85. The first kappa shape index (κ1) is 32.9. The summed E-state index contributed by atoms with van der Waals surface area (Å²) >= 11 is 6.22. The highest BCUT2D eigenvalue weighted by atomic mass is 35.5. The van der Waals surface area contributed by atoms with Crippen LogP contribution in [0.1, 0.15) is 38.8 Å². The van der Waals surface area contributed by atoms with Gasteiger partial charge in [-0.15, -0.1) is 0 Å². The minimum atomic E-state index is -4.85. The van der Waals surface area contributed by atoms with Crippen LogP contribution in [-0.2, 0) is 32.3 Å². The average Bonchev–Trinajstić information content (AvgIpc) is 2.90. The van der Waals surface area contributed by atoms with E-state index >= 15 is 0 Å². The summed E-state index contributed by atoms with van der Waals surface area (Å²) in [5, 5.41) is 2.36. The van der Waals surface area contributed by atoms with E-state index in [2.05, 4.69) is 5.32 Å². The Kier molecular flexibility index (Phi) is 9.94. The summed E-state index contributed by atoms with van der Waals surface area (Å²) in [6, 6.07) is 13.2. The van der Waals surface area contributed by atoms with Gasteiger partial charge in [-0.25, -0.2) is 12.8 Å². The fourth-order valence-corrected chi connectivity index (χ4v) is 5.70. The summed E-state index contributed by atoms with van der Waals surface area (Å²) in [4.78, 5) is 27.6. The lowest BCUT2D eigenvalue weighted by Gasteiger charge is -2.33. The quantitative estimate of drug-likeness (QED) is 0.294.